The van der Waals surface area contributed by atoms with Gasteiger partial charge < -0.3 is 15.0 Å². The largest absolute Gasteiger partial charge is 0.380 e. The number of nitrogens with zero attached hydrogens (tertiary/aromatic N) is 3. The number of carbonyl (C=O) groups is 1. The minimum absolute atomic E-state index is 0.0755. The van der Waals surface area contributed by atoms with Crippen molar-refractivity contribution in [1.82, 2.24) is 15.2 Å². The number of nitrogens with one attached hydrogen (secondary N) is 1. The van der Waals surface area contributed by atoms with E-state index in [1.807, 2.05) is 19.3 Å². The number of ether oxygens (including phenoxy) is 1. The van der Waals surface area contributed by atoms with Crippen molar-refractivity contribution in [3.63, 3.8) is 0 Å². The Morgan fingerprint density at radius 2 is 2.22 bits per heavy atom. The summed E-state index contributed by atoms with van der Waals surface area (Å²) in [4.78, 5) is 21.2. The second-order valence-corrected chi connectivity index (χ2v) is 6.48. The number of anilines is 1. The third-order valence-corrected chi connectivity index (χ3v) is 4.85. The van der Waals surface area contributed by atoms with Gasteiger partial charge in [0.2, 0.25) is 5.91 Å². The average Bonchev–Trinajstić information content (AvgIpc) is 3.22. The molecule has 2 atom stereocenters. The van der Waals surface area contributed by atoms with Gasteiger partial charge >= 0.3 is 0 Å². The summed E-state index contributed by atoms with van der Waals surface area (Å²) in [5.41, 5.74) is 1.10. The van der Waals surface area contributed by atoms with Gasteiger partial charge in [-0.15, -0.1) is 0 Å². The van der Waals surface area contributed by atoms with E-state index in [2.05, 4.69) is 26.2 Å². The van der Waals surface area contributed by atoms with Gasteiger partial charge in [-0.1, -0.05) is 0 Å². The zero-order chi connectivity index (χ0) is 16.2. The van der Waals surface area contributed by atoms with Crippen molar-refractivity contribution < 1.29 is 9.53 Å². The molecule has 0 spiro atoms. The number of rotatable bonds is 5. The van der Waals surface area contributed by atoms with Gasteiger partial charge in [0.1, 0.15) is 5.82 Å². The fourth-order valence-electron chi connectivity index (χ4n) is 3.43. The van der Waals surface area contributed by atoms with Crippen LogP contribution >= 0.6 is 0 Å². The first-order valence-corrected chi connectivity index (χ1v) is 8.38. The van der Waals surface area contributed by atoms with Crippen molar-refractivity contribution in [2.75, 3.05) is 38.7 Å². The predicted molar refractivity (Wildman–Crippen MR) is 89.4 cm³/mol. The quantitative estimate of drug-likeness (QED) is 0.878. The molecule has 0 radical (unpaired) electrons. The van der Waals surface area contributed by atoms with Crippen LogP contribution < -0.4 is 10.2 Å². The Bertz CT molecular complexity index is 545. The highest BCUT2D eigenvalue weighted by Gasteiger charge is 2.34. The lowest BCUT2D eigenvalue weighted by atomic mass is 10.1. The Kier molecular flexibility index (Phi) is 5.13. The maximum absolute atomic E-state index is 12.4. The van der Waals surface area contributed by atoms with E-state index in [9.17, 15) is 4.79 Å². The van der Waals surface area contributed by atoms with E-state index in [1.54, 1.807) is 7.11 Å². The summed E-state index contributed by atoms with van der Waals surface area (Å²) in [5, 5.41) is 3.05. The molecule has 23 heavy (non-hydrogen) atoms. The summed E-state index contributed by atoms with van der Waals surface area (Å²) in [5.74, 6) is 1.10. The molecule has 3 heterocycles. The molecule has 0 bridgehead atoms. The van der Waals surface area contributed by atoms with Gasteiger partial charge in [0.25, 0.3) is 0 Å². The lowest BCUT2D eigenvalue weighted by Gasteiger charge is -2.19. The SMILES string of the molecule is CO[C@H]1C[C@@H](C(=O)NCc2ccnc(N3CCCC3)c2)N(C)C1. The molecule has 1 aromatic rings. The van der Waals surface area contributed by atoms with Crippen LogP contribution in [0.5, 0.6) is 0 Å². The molecule has 1 aromatic heterocycles. The normalized spacial score (nSPS) is 25.0. The van der Waals surface area contributed by atoms with Gasteiger partial charge in [0.05, 0.1) is 12.1 Å². The van der Waals surface area contributed by atoms with Gasteiger partial charge in [-0.3, -0.25) is 9.69 Å². The number of likely N-dealkylation sites (N-methyl/N-ethyl adjacent to an activating group) is 1. The first kappa shape index (κ1) is 16.2. The molecule has 0 unspecified atom stereocenters. The van der Waals surface area contributed by atoms with E-state index in [1.165, 1.54) is 12.8 Å². The summed E-state index contributed by atoms with van der Waals surface area (Å²) in [6, 6.07) is 3.96. The molecule has 6 heteroatoms. The van der Waals surface area contributed by atoms with E-state index in [-0.39, 0.29) is 18.1 Å². The predicted octanol–water partition coefficient (Wildman–Crippen LogP) is 1.02. The molecule has 1 amide bonds. The third-order valence-electron chi connectivity index (χ3n) is 4.85. The number of aromatic nitrogens is 1. The highest BCUT2D eigenvalue weighted by atomic mass is 16.5. The summed E-state index contributed by atoms with van der Waals surface area (Å²) >= 11 is 0. The van der Waals surface area contributed by atoms with E-state index in [0.29, 0.717) is 6.54 Å². The van der Waals surface area contributed by atoms with Crippen molar-refractivity contribution in [3.05, 3.63) is 23.9 Å². The molecule has 0 aliphatic carbocycles. The number of hydrogen-bond donors (Lipinski definition) is 1. The van der Waals surface area contributed by atoms with Crippen LogP contribution in [0, 0.1) is 0 Å². The summed E-state index contributed by atoms with van der Waals surface area (Å²) in [7, 11) is 3.68. The lowest BCUT2D eigenvalue weighted by molar-refractivity contribution is -0.125. The first-order valence-electron chi connectivity index (χ1n) is 8.38. The summed E-state index contributed by atoms with van der Waals surface area (Å²) in [6.07, 6.45) is 5.21. The van der Waals surface area contributed by atoms with Crippen LogP contribution in [0.15, 0.2) is 18.3 Å². The number of likely N-dealkylation sites (tertiary alicyclic amines) is 1. The Morgan fingerprint density at radius 1 is 1.43 bits per heavy atom. The topological polar surface area (TPSA) is 57.7 Å². The second-order valence-electron chi connectivity index (χ2n) is 6.48. The fourth-order valence-corrected chi connectivity index (χ4v) is 3.43. The molecule has 0 saturated carbocycles. The van der Waals surface area contributed by atoms with Gasteiger partial charge in [-0.25, -0.2) is 4.98 Å². The number of pyridine rings is 1. The van der Waals surface area contributed by atoms with Crippen LogP contribution in [0.4, 0.5) is 5.82 Å². The number of methoxy groups -OCH3 is 1. The second kappa shape index (κ2) is 7.27. The molecule has 126 valence electrons. The van der Waals surface area contributed by atoms with Crippen molar-refractivity contribution in [3.8, 4) is 0 Å². The Labute approximate surface area is 137 Å². The Morgan fingerprint density at radius 3 is 2.91 bits per heavy atom. The molecule has 2 aliphatic heterocycles. The maximum Gasteiger partial charge on any atom is 0.237 e. The zero-order valence-corrected chi connectivity index (χ0v) is 14.0. The van der Waals surface area contributed by atoms with Crippen LogP contribution in [0.1, 0.15) is 24.8 Å². The minimum Gasteiger partial charge on any atom is -0.380 e. The van der Waals surface area contributed by atoms with E-state index >= 15 is 0 Å². The van der Waals surface area contributed by atoms with Gasteiger partial charge in [0, 0.05) is 39.5 Å². The molecular formula is C17H26N4O2. The maximum atomic E-state index is 12.4. The van der Waals surface area contributed by atoms with Crippen LogP contribution in [0.3, 0.4) is 0 Å². The van der Waals surface area contributed by atoms with E-state index < -0.39 is 0 Å². The van der Waals surface area contributed by atoms with Crippen molar-refractivity contribution >= 4 is 11.7 Å². The van der Waals surface area contributed by atoms with Crippen molar-refractivity contribution in [2.24, 2.45) is 0 Å². The zero-order valence-electron chi connectivity index (χ0n) is 14.0. The standard InChI is InChI=1S/C17H26N4O2/c1-20-12-14(23-2)10-15(20)17(22)19-11-13-5-6-18-16(9-13)21-7-3-4-8-21/h5-6,9,14-15H,3-4,7-8,10-12H2,1-2H3,(H,19,22)/t14-,15-/m0/s1. The van der Waals surface area contributed by atoms with Crippen LogP contribution in [0.2, 0.25) is 0 Å². The first-order chi connectivity index (χ1) is 11.2. The monoisotopic (exact) mass is 318 g/mol. The van der Waals surface area contributed by atoms with Crippen molar-refractivity contribution in [2.45, 2.75) is 38.0 Å². The van der Waals surface area contributed by atoms with Crippen molar-refractivity contribution in [1.29, 1.82) is 0 Å². The molecule has 3 rings (SSSR count). The van der Waals surface area contributed by atoms with Gasteiger partial charge in [-0.2, -0.15) is 0 Å². The lowest BCUT2D eigenvalue weighted by Crippen LogP contribution is -2.41. The number of amides is 1. The Hall–Kier alpha value is -1.66. The van der Waals surface area contributed by atoms with E-state index in [4.69, 9.17) is 4.74 Å². The van der Waals surface area contributed by atoms with Crippen LogP contribution in [-0.2, 0) is 16.1 Å². The molecule has 0 aromatic carbocycles. The average molecular weight is 318 g/mol. The van der Waals surface area contributed by atoms with E-state index in [0.717, 1.165) is 37.4 Å². The smallest absolute Gasteiger partial charge is 0.237 e. The molecule has 2 aliphatic rings. The van der Waals surface area contributed by atoms with Crippen LogP contribution in [0.25, 0.3) is 0 Å². The summed E-state index contributed by atoms with van der Waals surface area (Å²) < 4.78 is 5.36. The highest BCUT2D eigenvalue weighted by molar-refractivity contribution is 5.82. The molecule has 6 nitrogen and oxygen atoms in total. The number of carbonyl (C=O) groups excluding carboxylic acids is 1. The fraction of sp³-hybridized carbons (Fsp3) is 0.647. The highest BCUT2D eigenvalue weighted by Crippen LogP contribution is 2.20. The van der Waals surface area contributed by atoms with Crippen LogP contribution in [-0.4, -0.2) is 61.7 Å². The Balaban J connectivity index is 1.55. The molecular weight excluding hydrogens is 292 g/mol. The molecule has 2 fully saturated rings. The molecule has 2 saturated heterocycles. The molecule has 1 N–H and O–H groups in total. The third kappa shape index (κ3) is 3.82. The van der Waals surface area contributed by atoms with Gasteiger partial charge in [0.15, 0.2) is 0 Å². The number of hydrogen-bond acceptors (Lipinski definition) is 5. The minimum atomic E-state index is -0.0974. The summed E-state index contributed by atoms with van der Waals surface area (Å²) in [6.45, 7) is 3.51. The van der Waals surface area contributed by atoms with Gasteiger partial charge in [-0.05, 0) is 44.0 Å².